The number of carbonyl (C=O) groups excluding carboxylic acids is 2. The van der Waals surface area contributed by atoms with Crippen LogP contribution >= 0.6 is 0 Å². The molecule has 31 heavy (non-hydrogen) atoms. The largest absolute Gasteiger partial charge is 0.294 e. The lowest BCUT2D eigenvalue weighted by Gasteiger charge is -2.30. The van der Waals surface area contributed by atoms with Crippen LogP contribution in [0.25, 0.3) is 11.4 Å². The Hall–Kier alpha value is -3.38. The van der Waals surface area contributed by atoms with E-state index < -0.39 is 0 Å². The first-order chi connectivity index (χ1) is 15.2. The molecule has 2 aromatic carbocycles. The van der Waals surface area contributed by atoms with E-state index in [4.69, 9.17) is 4.98 Å². The minimum Gasteiger partial charge on any atom is -0.294 e. The standard InChI is InChI=1S/C25H24N4O2/c30-22-15-19-11-5-6-12-21(19)29(23(31)17-28-13-7-2-8-14-28)25-20(22)16-26-24(27-25)18-9-3-1-4-10-18/h1,3-6,9-12,16H,2,7-8,13-15,17H2. The first-order valence-electron chi connectivity index (χ1n) is 10.8. The molecule has 3 heterocycles. The molecule has 6 nitrogen and oxygen atoms in total. The molecule has 0 aliphatic carbocycles. The van der Waals surface area contributed by atoms with Gasteiger partial charge in [0.25, 0.3) is 0 Å². The fourth-order valence-corrected chi connectivity index (χ4v) is 4.36. The zero-order chi connectivity index (χ0) is 21.2. The summed E-state index contributed by atoms with van der Waals surface area (Å²) < 4.78 is 0. The molecule has 2 aliphatic rings. The van der Waals surface area contributed by atoms with Crippen LogP contribution in [0.2, 0.25) is 0 Å². The van der Waals surface area contributed by atoms with Crippen molar-refractivity contribution >= 4 is 23.2 Å². The second kappa shape index (κ2) is 8.40. The summed E-state index contributed by atoms with van der Waals surface area (Å²) in [5, 5.41) is 0. The third-order valence-electron chi connectivity index (χ3n) is 5.95. The smallest absolute Gasteiger partial charge is 0.246 e. The van der Waals surface area contributed by atoms with E-state index in [1.807, 2.05) is 54.6 Å². The van der Waals surface area contributed by atoms with Crippen molar-refractivity contribution in [3.8, 4) is 11.4 Å². The number of carbonyl (C=O) groups is 2. The molecule has 6 heteroatoms. The van der Waals surface area contributed by atoms with Crippen molar-refractivity contribution in [1.29, 1.82) is 0 Å². The van der Waals surface area contributed by atoms with Gasteiger partial charge in [0.15, 0.2) is 17.4 Å². The molecule has 156 valence electrons. The Bertz CT molecular complexity index is 1120. The van der Waals surface area contributed by atoms with Crippen LogP contribution in [0.5, 0.6) is 0 Å². The van der Waals surface area contributed by atoms with Crippen molar-refractivity contribution in [2.75, 3.05) is 24.5 Å². The second-order valence-electron chi connectivity index (χ2n) is 8.09. The van der Waals surface area contributed by atoms with Gasteiger partial charge >= 0.3 is 0 Å². The highest BCUT2D eigenvalue weighted by Crippen LogP contribution is 2.35. The molecule has 1 saturated heterocycles. The number of aromatic nitrogens is 2. The van der Waals surface area contributed by atoms with E-state index in [1.165, 1.54) is 6.42 Å². The molecule has 1 amide bonds. The van der Waals surface area contributed by atoms with Gasteiger partial charge in [-0.15, -0.1) is 0 Å². The number of fused-ring (bicyclic) bond motifs is 2. The minimum atomic E-state index is -0.0738. The highest BCUT2D eigenvalue weighted by atomic mass is 16.2. The third kappa shape index (κ3) is 3.86. The lowest BCUT2D eigenvalue weighted by molar-refractivity contribution is -0.119. The van der Waals surface area contributed by atoms with Crippen LogP contribution in [0.3, 0.4) is 0 Å². The highest BCUT2D eigenvalue weighted by molar-refractivity contribution is 6.12. The van der Waals surface area contributed by atoms with E-state index in [-0.39, 0.29) is 18.1 Å². The first-order valence-corrected chi connectivity index (χ1v) is 10.8. The minimum absolute atomic E-state index is 0.0667. The molecule has 0 N–H and O–H groups in total. The quantitative estimate of drug-likeness (QED) is 0.650. The molecule has 0 radical (unpaired) electrons. The lowest BCUT2D eigenvalue weighted by Crippen LogP contribution is -2.41. The van der Waals surface area contributed by atoms with E-state index in [0.29, 0.717) is 23.8 Å². The van der Waals surface area contributed by atoms with Crippen LogP contribution in [0.4, 0.5) is 11.5 Å². The van der Waals surface area contributed by atoms with Gasteiger partial charge in [0.1, 0.15) is 0 Å². The number of hydrogen-bond donors (Lipinski definition) is 0. The number of likely N-dealkylation sites (tertiary alicyclic amines) is 1. The van der Waals surface area contributed by atoms with E-state index in [0.717, 1.165) is 42.7 Å². The summed E-state index contributed by atoms with van der Waals surface area (Å²) in [5.41, 5.74) is 2.80. The Balaban J connectivity index is 1.62. The van der Waals surface area contributed by atoms with Gasteiger partial charge in [0.2, 0.25) is 5.91 Å². The average molecular weight is 412 g/mol. The molecule has 0 spiro atoms. The zero-order valence-corrected chi connectivity index (χ0v) is 17.3. The van der Waals surface area contributed by atoms with Gasteiger partial charge in [-0.05, 0) is 37.6 Å². The number of Topliss-reactive ketones (excluding diaryl/α,β-unsaturated/α-hetero) is 1. The molecule has 2 aliphatic heterocycles. The highest BCUT2D eigenvalue weighted by Gasteiger charge is 2.32. The molecular weight excluding hydrogens is 388 g/mol. The summed E-state index contributed by atoms with van der Waals surface area (Å²) in [6.07, 6.45) is 5.23. The molecule has 0 saturated carbocycles. The molecule has 5 rings (SSSR count). The van der Waals surface area contributed by atoms with Crippen LogP contribution in [-0.2, 0) is 11.2 Å². The van der Waals surface area contributed by atoms with E-state index >= 15 is 0 Å². The maximum Gasteiger partial charge on any atom is 0.246 e. The molecule has 0 bridgehead atoms. The van der Waals surface area contributed by atoms with Gasteiger partial charge < -0.3 is 0 Å². The molecular formula is C25H24N4O2. The van der Waals surface area contributed by atoms with Crippen LogP contribution in [0, 0.1) is 0 Å². The SMILES string of the molecule is O=C1Cc2ccccc2N(C(=O)CN2CCCCC2)c2nc(-c3ccccc3)ncc21. The summed E-state index contributed by atoms with van der Waals surface area (Å²) in [7, 11) is 0. The van der Waals surface area contributed by atoms with Crippen LogP contribution < -0.4 is 4.90 Å². The Morgan fingerprint density at radius 3 is 2.48 bits per heavy atom. The maximum atomic E-state index is 13.6. The third-order valence-corrected chi connectivity index (χ3v) is 5.95. The number of ketones is 1. The van der Waals surface area contributed by atoms with Crippen LogP contribution in [-0.4, -0.2) is 46.2 Å². The van der Waals surface area contributed by atoms with Crippen molar-refractivity contribution in [3.63, 3.8) is 0 Å². The summed E-state index contributed by atoms with van der Waals surface area (Å²) >= 11 is 0. The Morgan fingerprint density at radius 2 is 1.68 bits per heavy atom. The fraction of sp³-hybridized carbons (Fsp3) is 0.280. The van der Waals surface area contributed by atoms with Crippen molar-refractivity contribution in [3.05, 3.63) is 71.9 Å². The van der Waals surface area contributed by atoms with Crippen LogP contribution in [0.1, 0.15) is 35.2 Å². The Kier molecular flexibility index (Phi) is 5.30. The van der Waals surface area contributed by atoms with E-state index in [2.05, 4.69) is 9.88 Å². The number of benzene rings is 2. The predicted molar refractivity (Wildman–Crippen MR) is 119 cm³/mol. The number of piperidine rings is 1. The Morgan fingerprint density at radius 1 is 0.935 bits per heavy atom. The fourth-order valence-electron chi connectivity index (χ4n) is 4.36. The van der Waals surface area contributed by atoms with Gasteiger partial charge in [-0.3, -0.25) is 19.4 Å². The molecule has 3 aromatic rings. The monoisotopic (exact) mass is 412 g/mol. The van der Waals surface area contributed by atoms with Gasteiger partial charge in [-0.1, -0.05) is 55.0 Å². The van der Waals surface area contributed by atoms with Gasteiger partial charge in [0, 0.05) is 18.2 Å². The van der Waals surface area contributed by atoms with Crippen LogP contribution in [0.15, 0.2) is 60.8 Å². The zero-order valence-electron chi connectivity index (χ0n) is 17.3. The topological polar surface area (TPSA) is 66.4 Å². The van der Waals surface area contributed by atoms with Crippen molar-refractivity contribution in [1.82, 2.24) is 14.9 Å². The van der Waals surface area contributed by atoms with Crippen molar-refractivity contribution in [2.45, 2.75) is 25.7 Å². The van der Waals surface area contributed by atoms with E-state index in [9.17, 15) is 9.59 Å². The normalized spacial score (nSPS) is 16.4. The first kappa shape index (κ1) is 19.6. The number of para-hydroxylation sites is 1. The van der Waals surface area contributed by atoms with E-state index in [1.54, 1.807) is 11.1 Å². The molecule has 1 aromatic heterocycles. The van der Waals surface area contributed by atoms with Gasteiger partial charge in [-0.2, -0.15) is 0 Å². The maximum absolute atomic E-state index is 13.6. The summed E-state index contributed by atoms with van der Waals surface area (Å²) in [6.45, 7) is 2.16. The predicted octanol–water partition coefficient (Wildman–Crippen LogP) is 4.03. The van der Waals surface area contributed by atoms with Gasteiger partial charge in [-0.25, -0.2) is 9.97 Å². The Labute approximate surface area is 181 Å². The van der Waals surface area contributed by atoms with Crippen molar-refractivity contribution in [2.24, 2.45) is 0 Å². The molecule has 0 unspecified atom stereocenters. The summed E-state index contributed by atoms with van der Waals surface area (Å²) in [4.78, 5) is 39.7. The summed E-state index contributed by atoms with van der Waals surface area (Å²) in [5.74, 6) is 0.742. The number of anilines is 2. The lowest BCUT2D eigenvalue weighted by atomic mass is 10.1. The number of amides is 1. The average Bonchev–Trinajstić information content (AvgIpc) is 2.93. The number of hydrogen-bond acceptors (Lipinski definition) is 5. The molecule has 1 fully saturated rings. The molecule has 0 atom stereocenters. The summed E-state index contributed by atoms with van der Waals surface area (Å²) in [6, 6.07) is 17.2. The van der Waals surface area contributed by atoms with Crippen molar-refractivity contribution < 1.29 is 9.59 Å². The van der Waals surface area contributed by atoms with Gasteiger partial charge in [0.05, 0.1) is 17.8 Å². The number of rotatable bonds is 3. The number of nitrogens with zero attached hydrogens (tertiary/aromatic N) is 4. The second-order valence-corrected chi connectivity index (χ2v) is 8.09.